The van der Waals surface area contributed by atoms with Gasteiger partial charge in [0.25, 0.3) is 0 Å². The summed E-state index contributed by atoms with van der Waals surface area (Å²) in [5.74, 6) is -1.13. The first kappa shape index (κ1) is 12.2. The van der Waals surface area contributed by atoms with Crippen molar-refractivity contribution in [2.75, 3.05) is 0 Å². The molecule has 3 rings (SSSR count). The molecule has 2 aromatic carbocycles. The molecule has 19 heavy (non-hydrogen) atoms. The summed E-state index contributed by atoms with van der Waals surface area (Å²) in [5, 5.41) is 1.60. The summed E-state index contributed by atoms with van der Waals surface area (Å²) >= 11 is 6.09. The van der Waals surface area contributed by atoms with Gasteiger partial charge in [-0.15, -0.1) is 0 Å². The van der Waals surface area contributed by atoms with Crippen LogP contribution in [0.3, 0.4) is 0 Å². The minimum Gasteiger partial charge on any atom is -0.343 e. The van der Waals surface area contributed by atoms with Crippen LogP contribution < -0.4 is 0 Å². The maximum atomic E-state index is 13.2. The zero-order chi connectivity index (χ0) is 13.4. The van der Waals surface area contributed by atoms with E-state index in [2.05, 4.69) is 0 Å². The predicted molar refractivity (Wildman–Crippen MR) is 72.4 cm³/mol. The zero-order valence-electron chi connectivity index (χ0n) is 9.91. The summed E-state index contributed by atoms with van der Waals surface area (Å²) in [6.45, 7) is 0.401. The smallest absolute Gasteiger partial charge is 0.126 e. The molecule has 0 aliphatic heterocycles. The Morgan fingerprint density at radius 2 is 1.74 bits per heavy atom. The molecule has 0 amide bonds. The largest absolute Gasteiger partial charge is 0.343 e. The van der Waals surface area contributed by atoms with Crippen LogP contribution in [0.4, 0.5) is 8.78 Å². The van der Waals surface area contributed by atoms with Crippen molar-refractivity contribution in [2.24, 2.45) is 0 Å². The van der Waals surface area contributed by atoms with Gasteiger partial charge in [-0.25, -0.2) is 8.78 Å². The fourth-order valence-electron chi connectivity index (χ4n) is 2.22. The molecule has 0 atom stereocenters. The summed E-state index contributed by atoms with van der Waals surface area (Å²) < 4.78 is 28.2. The molecule has 0 aliphatic rings. The molecule has 0 aliphatic carbocycles. The third kappa shape index (κ3) is 2.34. The Labute approximate surface area is 114 Å². The third-order valence-corrected chi connectivity index (χ3v) is 3.37. The second-order valence-corrected chi connectivity index (χ2v) is 4.80. The van der Waals surface area contributed by atoms with Gasteiger partial charge in [0.15, 0.2) is 0 Å². The normalized spacial score (nSPS) is 11.1. The molecule has 0 radical (unpaired) electrons. The van der Waals surface area contributed by atoms with Crippen LogP contribution in [0.15, 0.2) is 48.7 Å². The Morgan fingerprint density at radius 3 is 2.47 bits per heavy atom. The number of halogens is 3. The fraction of sp³-hybridized carbons (Fsp3) is 0.0667. The van der Waals surface area contributed by atoms with Crippen LogP contribution in [-0.2, 0) is 6.54 Å². The molecule has 3 aromatic rings. The van der Waals surface area contributed by atoms with Gasteiger partial charge in [0, 0.05) is 34.7 Å². The summed E-state index contributed by atoms with van der Waals surface area (Å²) in [6, 6.07) is 11.0. The highest BCUT2D eigenvalue weighted by atomic mass is 35.5. The Bertz CT molecular complexity index is 729. The number of fused-ring (bicyclic) bond motifs is 1. The molecule has 0 saturated heterocycles. The lowest BCUT2D eigenvalue weighted by atomic mass is 10.2. The van der Waals surface area contributed by atoms with E-state index in [1.807, 2.05) is 35.0 Å². The van der Waals surface area contributed by atoms with Crippen LogP contribution in [-0.4, -0.2) is 4.57 Å². The first-order chi connectivity index (χ1) is 9.13. The van der Waals surface area contributed by atoms with E-state index in [-0.39, 0.29) is 0 Å². The van der Waals surface area contributed by atoms with Crippen molar-refractivity contribution < 1.29 is 8.78 Å². The van der Waals surface area contributed by atoms with E-state index in [0.29, 0.717) is 17.1 Å². The van der Waals surface area contributed by atoms with Crippen molar-refractivity contribution in [3.63, 3.8) is 0 Å². The molecular weight excluding hydrogens is 268 g/mol. The van der Waals surface area contributed by atoms with E-state index in [1.165, 1.54) is 12.1 Å². The number of hydrogen-bond acceptors (Lipinski definition) is 0. The molecule has 0 fully saturated rings. The average molecular weight is 278 g/mol. The van der Waals surface area contributed by atoms with Gasteiger partial charge in [0.05, 0.1) is 0 Å². The lowest BCUT2D eigenvalue weighted by molar-refractivity contribution is 0.578. The van der Waals surface area contributed by atoms with Crippen molar-refractivity contribution in [1.82, 2.24) is 4.57 Å². The van der Waals surface area contributed by atoms with Crippen molar-refractivity contribution >= 4 is 22.5 Å². The van der Waals surface area contributed by atoms with Crippen LogP contribution in [0.2, 0.25) is 5.02 Å². The maximum Gasteiger partial charge on any atom is 0.126 e. The Balaban J connectivity index is 2.04. The Hall–Kier alpha value is -1.87. The second-order valence-electron chi connectivity index (χ2n) is 4.39. The second kappa shape index (κ2) is 4.67. The molecule has 1 nitrogen and oxygen atoms in total. The van der Waals surface area contributed by atoms with E-state index in [9.17, 15) is 8.78 Å². The maximum absolute atomic E-state index is 13.2. The molecule has 0 spiro atoms. The predicted octanol–water partition coefficient (Wildman–Crippen LogP) is 4.62. The molecule has 1 heterocycles. The van der Waals surface area contributed by atoms with E-state index >= 15 is 0 Å². The highest BCUT2D eigenvalue weighted by Gasteiger charge is 2.06. The molecule has 0 unspecified atom stereocenters. The minimum absolute atomic E-state index is 0.401. The minimum atomic E-state index is -0.565. The fourth-order valence-corrected chi connectivity index (χ4v) is 2.46. The summed E-state index contributed by atoms with van der Waals surface area (Å²) in [5.41, 5.74) is 1.52. The van der Waals surface area contributed by atoms with Crippen molar-refractivity contribution in [3.8, 4) is 0 Å². The Kier molecular flexibility index (Phi) is 2.99. The van der Waals surface area contributed by atoms with Gasteiger partial charge in [0.1, 0.15) is 11.6 Å². The van der Waals surface area contributed by atoms with Crippen LogP contribution in [0, 0.1) is 11.6 Å². The summed E-state index contributed by atoms with van der Waals surface area (Å²) in [6.07, 6.45) is 1.86. The van der Waals surface area contributed by atoms with Gasteiger partial charge in [-0.05, 0) is 35.9 Å². The van der Waals surface area contributed by atoms with Gasteiger partial charge in [0.2, 0.25) is 0 Å². The quantitative estimate of drug-likeness (QED) is 0.644. The monoisotopic (exact) mass is 277 g/mol. The van der Waals surface area contributed by atoms with Crippen LogP contribution in [0.25, 0.3) is 10.9 Å². The average Bonchev–Trinajstić information content (AvgIpc) is 2.73. The number of aromatic nitrogens is 1. The number of rotatable bonds is 2. The molecule has 0 N–H and O–H groups in total. The van der Waals surface area contributed by atoms with E-state index in [1.54, 1.807) is 0 Å². The van der Waals surface area contributed by atoms with E-state index < -0.39 is 11.6 Å². The lowest BCUT2D eigenvalue weighted by Gasteiger charge is -2.06. The van der Waals surface area contributed by atoms with Gasteiger partial charge >= 0.3 is 0 Å². The van der Waals surface area contributed by atoms with Crippen LogP contribution in [0.1, 0.15) is 5.56 Å². The number of benzene rings is 2. The van der Waals surface area contributed by atoms with E-state index in [4.69, 9.17) is 11.6 Å². The van der Waals surface area contributed by atoms with Crippen molar-refractivity contribution in [3.05, 3.63) is 70.9 Å². The molecule has 4 heteroatoms. The third-order valence-electron chi connectivity index (χ3n) is 3.04. The van der Waals surface area contributed by atoms with Crippen LogP contribution in [0.5, 0.6) is 0 Å². The molecule has 0 saturated carbocycles. The highest BCUT2D eigenvalue weighted by molar-refractivity contribution is 6.35. The van der Waals surface area contributed by atoms with Gasteiger partial charge in [-0.1, -0.05) is 17.7 Å². The molecular formula is C15H10ClF2N. The summed E-state index contributed by atoms with van der Waals surface area (Å²) in [4.78, 5) is 0. The topological polar surface area (TPSA) is 4.93 Å². The molecule has 1 aromatic heterocycles. The lowest BCUT2D eigenvalue weighted by Crippen LogP contribution is -1.99. The molecule has 0 bridgehead atoms. The standard InChI is InChI=1S/C15H10ClF2N/c16-14-2-1-3-15-13(14)4-5-19(15)9-10-6-11(17)8-12(18)7-10/h1-8H,9H2. The SMILES string of the molecule is Fc1cc(F)cc(Cn2ccc3c(Cl)cccc32)c1. The van der Waals surface area contributed by atoms with Gasteiger partial charge in [-0.2, -0.15) is 0 Å². The van der Waals surface area contributed by atoms with Crippen LogP contribution >= 0.6 is 11.6 Å². The van der Waals surface area contributed by atoms with Gasteiger partial charge in [-0.3, -0.25) is 0 Å². The van der Waals surface area contributed by atoms with E-state index in [0.717, 1.165) is 17.0 Å². The highest BCUT2D eigenvalue weighted by Crippen LogP contribution is 2.25. The first-order valence-corrected chi connectivity index (χ1v) is 6.19. The van der Waals surface area contributed by atoms with Crippen molar-refractivity contribution in [1.29, 1.82) is 0 Å². The Morgan fingerprint density at radius 1 is 1.00 bits per heavy atom. The number of hydrogen-bond donors (Lipinski definition) is 0. The molecule has 96 valence electrons. The summed E-state index contributed by atoms with van der Waals surface area (Å²) in [7, 11) is 0. The first-order valence-electron chi connectivity index (χ1n) is 5.82. The van der Waals surface area contributed by atoms with Gasteiger partial charge < -0.3 is 4.57 Å². The number of nitrogens with zero attached hydrogens (tertiary/aromatic N) is 1. The zero-order valence-corrected chi connectivity index (χ0v) is 10.7. The van der Waals surface area contributed by atoms with Crippen molar-refractivity contribution in [2.45, 2.75) is 6.54 Å².